The molecule has 1 aromatic rings. The molecule has 1 heterocycles. The van der Waals surface area contributed by atoms with E-state index in [1.807, 2.05) is 0 Å². The average molecular weight is 348 g/mol. The predicted molar refractivity (Wildman–Crippen MR) is 79.9 cm³/mol. The van der Waals surface area contributed by atoms with Crippen LogP contribution in [0.5, 0.6) is 0 Å². The van der Waals surface area contributed by atoms with Gasteiger partial charge in [0.05, 0.1) is 0 Å². The van der Waals surface area contributed by atoms with Crippen LogP contribution in [-0.4, -0.2) is 31.2 Å². The quantitative estimate of drug-likeness (QED) is 0.663. The maximum Gasteiger partial charge on any atom is 0.408 e. The van der Waals surface area contributed by atoms with E-state index >= 15 is 0 Å². The molecule has 1 amide bonds. The molecule has 0 bridgehead atoms. The lowest BCUT2D eigenvalue weighted by Crippen LogP contribution is -2.49. The van der Waals surface area contributed by atoms with Gasteiger partial charge in [0.1, 0.15) is 23.2 Å². The number of amides is 1. The van der Waals surface area contributed by atoms with E-state index in [0.29, 0.717) is 12.8 Å². The maximum atomic E-state index is 14.1. The zero-order valence-corrected chi connectivity index (χ0v) is 12.8. The number of hydrogen-bond donors (Lipinski definition) is 1. The number of hydrogen-bond acceptors (Lipinski definition) is 2. The molecule has 1 aromatic carbocycles. The van der Waals surface area contributed by atoms with Gasteiger partial charge in [0.15, 0.2) is 0 Å². The summed E-state index contributed by atoms with van der Waals surface area (Å²) in [7, 11) is 0. The monoisotopic (exact) mass is 348 g/mol. The van der Waals surface area contributed by atoms with Crippen LogP contribution in [0.1, 0.15) is 29.6 Å². The maximum absolute atomic E-state index is 14.1. The van der Waals surface area contributed by atoms with Crippen LogP contribution in [0.4, 0.5) is 27.6 Å². The van der Waals surface area contributed by atoms with Crippen molar-refractivity contribution in [2.45, 2.75) is 31.5 Å². The molecule has 8 heteroatoms. The summed E-state index contributed by atoms with van der Waals surface area (Å²) in [6.07, 6.45) is -2.39. The summed E-state index contributed by atoms with van der Waals surface area (Å²) in [6, 6.07) is -0.239. The number of carbonyl (C=O) groups excluding carboxylic acids is 1. The van der Waals surface area contributed by atoms with E-state index in [-0.39, 0.29) is 25.2 Å². The van der Waals surface area contributed by atoms with Gasteiger partial charge >= 0.3 is 6.18 Å². The van der Waals surface area contributed by atoms with Crippen LogP contribution < -0.4 is 10.2 Å². The van der Waals surface area contributed by atoms with Crippen LogP contribution in [0.3, 0.4) is 0 Å². The van der Waals surface area contributed by atoms with Crippen molar-refractivity contribution in [1.29, 1.82) is 0 Å². The fraction of sp³-hybridized carbons (Fsp3) is 0.438. The summed E-state index contributed by atoms with van der Waals surface area (Å²) in [4.78, 5) is 12.7. The first kappa shape index (κ1) is 18.2. The molecule has 2 rings (SSSR count). The molecule has 1 saturated heterocycles. The SMILES string of the molecule is C=CCNC(=O)c1c(F)cc(N2CCCCC2C(F)(F)F)cc1F. The summed E-state index contributed by atoms with van der Waals surface area (Å²) in [5.74, 6) is -3.38. The van der Waals surface area contributed by atoms with Crippen LogP contribution >= 0.6 is 0 Å². The largest absolute Gasteiger partial charge is 0.408 e. The third-order valence-electron chi connectivity index (χ3n) is 3.87. The molecular formula is C16H17F5N2O. The zero-order chi connectivity index (χ0) is 17.9. The van der Waals surface area contributed by atoms with Crippen molar-refractivity contribution in [1.82, 2.24) is 5.32 Å². The van der Waals surface area contributed by atoms with Gasteiger partial charge in [-0.2, -0.15) is 13.2 Å². The van der Waals surface area contributed by atoms with Crippen molar-refractivity contribution in [3.63, 3.8) is 0 Å². The number of anilines is 1. The number of benzene rings is 1. The van der Waals surface area contributed by atoms with E-state index in [0.717, 1.165) is 17.0 Å². The van der Waals surface area contributed by atoms with E-state index in [1.54, 1.807) is 0 Å². The van der Waals surface area contributed by atoms with E-state index in [2.05, 4.69) is 11.9 Å². The number of nitrogens with zero attached hydrogens (tertiary/aromatic N) is 1. The molecule has 0 spiro atoms. The molecule has 1 fully saturated rings. The Morgan fingerprint density at radius 1 is 1.29 bits per heavy atom. The molecule has 1 unspecified atom stereocenters. The third-order valence-corrected chi connectivity index (χ3v) is 3.87. The highest BCUT2D eigenvalue weighted by atomic mass is 19.4. The molecule has 0 radical (unpaired) electrons. The summed E-state index contributed by atoms with van der Waals surface area (Å²) in [5, 5.41) is 2.23. The van der Waals surface area contributed by atoms with Gasteiger partial charge in [-0.1, -0.05) is 6.08 Å². The number of rotatable bonds is 4. The Morgan fingerprint density at radius 2 is 1.92 bits per heavy atom. The molecule has 1 aliphatic heterocycles. The van der Waals surface area contributed by atoms with E-state index in [1.165, 1.54) is 6.08 Å². The first-order valence-electron chi connectivity index (χ1n) is 7.47. The Morgan fingerprint density at radius 3 is 2.46 bits per heavy atom. The number of alkyl halides is 3. The van der Waals surface area contributed by atoms with Crippen LogP contribution in [-0.2, 0) is 0 Å². The standard InChI is InChI=1S/C16H17F5N2O/c1-2-6-22-15(24)14-11(17)8-10(9-12(14)18)23-7-4-3-5-13(23)16(19,20)21/h2,8-9,13H,1,3-7H2,(H,22,24). The predicted octanol–water partition coefficient (Wildman–Crippen LogP) is 3.80. The van der Waals surface area contributed by atoms with Crippen LogP contribution in [0, 0.1) is 11.6 Å². The summed E-state index contributed by atoms with van der Waals surface area (Å²) < 4.78 is 67.6. The van der Waals surface area contributed by atoms with Crippen molar-refractivity contribution in [2.24, 2.45) is 0 Å². The van der Waals surface area contributed by atoms with Gasteiger partial charge in [0.25, 0.3) is 5.91 Å². The average Bonchev–Trinajstić information content (AvgIpc) is 2.51. The molecule has 1 aliphatic rings. The van der Waals surface area contributed by atoms with Crippen molar-refractivity contribution >= 4 is 11.6 Å². The first-order chi connectivity index (χ1) is 11.3. The van der Waals surface area contributed by atoms with Crippen molar-refractivity contribution in [3.05, 3.63) is 42.0 Å². The van der Waals surface area contributed by atoms with Gasteiger partial charge in [-0.3, -0.25) is 4.79 Å². The normalized spacial score (nSPS) is 18.4. The number of nitrogens with one attached hydrogen (secondary N) is 1. The fourth-order valence-electron chi connectivity index (χ4n) is 2.78. The van der Waals surface area contributed by atoms with E-state index in [4.69, 9.17) is 0 Å². The zero-order valence-electron chi connectivity index (χ0n) is 12.8. The fourth-order valence-corrected chi connectivity index (χ4v) is 2.78. The molecule has 0 aliphatic carbocycles. The van der Waals surface area contributed by atoms with Crippen molar-refractivity contribution in [3.8, 4) is 0 Å². The third kappa shape index (κ3) is 3.85. The molecule has 3 nitrogen and oxygen atoms in total. The highest BCUT2D eigenvalue weighted by Gasteiger charge is 2.44. The minimum atomic E-state index is -4.49. The Labute approximate surface area is 136 Å². The van der Waals surface area contributed by atoms with E-state index in [9.17, 15) is 26.7 Å². The molecule has 0 aromatic heterocycles. The number of piperidine rings is 1. The number of halogens is 5. The minimum Gasteiger partial charge on any atom is -0.360 e. The lowest BCUT2D eigenvalue weighted by atomic mass is 10.00. The van der Waals surface area contributed by atoms with Crippen molar-refractivity contribution in [2.75, 3.05) is 18.0 Å². The van der Waals surface area contributed by atoms with Crippen LogP contribution in [0.15, 0.2) is 24.8 Å². The summed E-state index contributed by atoms with van der Waals surface area (Å²) >= 11 is 0. The van der Waals surface area contributed by atoms with E-state index < -0.39 is 35.3 Å². The second kappa shape index (κ2) is 7.19. The highest BCUT2D eigenvalue weighted by molar-refractivity contribution is 5.95. The Kier molecular flexibility index (Phi) is 5.46. The molecule has 132 valence electrons. The van der Waals surface area contributed by atoms with Gasteiger partial charge in [-0.15, -0.1) is 6.58 Å². The second-order valence-electron chi connectivity index (χ2n) is 5.53. The van der Waals surface area contributed by atoms with Crippen molar-refractivity contribution < 1.29 is 26.7 Å². The lowest BCUT2D eigenvalue weighted by Gasteiger charge is -2.38. The smallest absolute Gasteiger partial charge is 0.360 e. The molecule has 24 heavy (non-hydrogen) atoms. The Bertz CT molecular complexity index is 606. The Balaban J connectivity index is 2.35. The van der Waals surface area contributed by atoms with Gasteiger partial charge in [-0.25, -0.2) is 8.78 Å². The van der Waals surface area contributed by atoms with Gasteiger partial charge in [0.2, 0.25) is 0 Å². The first-order valence-corrected chi connectivity index (χ1v) is 7.47. The number of carbonyl (C=O) groups is 1. The Hall–Kier alpha value is -2.12. The second-order valence-corrected chi connectivity index (χ2v) is 5.53. The van der Waals surface area contributed by atoms with Crippen LogP contribution in [0.25, 0.3) is 0 Å². The minimum absolute atomic E-state index is 0.0156. The molecular weight excluding hydrogens is 331 g/mol. The highest BCUT2D eigenvalue weighted by Crippen LogP contribution is 2.36. The summed E-state index contributed by atoms with van der Waals surface area (Å²) in [5.41, 5.74) is -1.03. The molecule has 1 N–H and O–H groups in total. The van der Waals surface area contributed by atoms with Gasteiger partial charge < -0.3 is 10.2 Å². The lowest BCUT2D eigenvalue weighted by molar-refractivity contribution is -0.152. The topological polar surface area (TPSA) is 32.3 Å². The summed E-state index contributed by atoms with van der Waals surface area (Å²) in [6.45, 7) is 3.42. The molecule has 0 saturated carbocycles. The van der Waals surface area contributed by atoms with Crippen LogP contribution in [0.2, 0.25) is 0 Å². The van der Waals surface area contributed by atoms with Gasteiger partial charge in [0, 0.05) is 18.8 Å². The van der Waals surface area contributed by atoms with Gasteiger partial charge in [-0.05, 0) is 31.4 Å². The molecule has 1 atom stereocenters.